The Morgan fingerprint density at radius 1 is 1.32 bits per heavy atom. The van der Waals surface area contributed by atoms with E-state index in [1.54, 1.807) is 11.6 Å². The molecule has 1 saturated heterocycles. The molecule has 5 rings (SSSR count). The van der Waals surface area contributed by atoms with Gasteiger partial charge in [-0.05, 0) is 37.6 Å². The van der Waals surface area contributed by atoms with E-state index < -0.39 is 0 Å². The van der Waals surface area contributed by atoms with Crippen LogP contribution in [0, 0.1) is 11.8 Å². The zero-order chi connectivity index (χ0) is 17.0. The molecule has 25 heavy (non-hydrogen) atoms. The van der Waals surface area contributed by atoms with Gasteiger partial charge in [0.2, 0.25) is 0 Å². The SMILES string of the molecule is Cn1c(C2C(C3CC3)CCN2Cc2noc3c2COCC3)n[nH]c1=O. The first-order valence-electron chi connectivity index (χ1n) is 9.11. The van der Waals surface area contributed by atoms with Gasteiger partial charge in [0.25, 0.3) is 0 Å². The summed E-state index contributed by atoms with van der Waals surface area (Å²) < 4.78 is 12.8. The average molecular weight is 345 g/mol. The van der Waals surface area contributed by atoms with E-state index in [1.165, 1.54) is 12.8 Å². The highest BCUT2D eigenvalue weighted by atomic mass is 16.5. The lowest BCUT2D eigenvalue weighted by Gasteiger charge is -2.27. The molecule has 0 spiro atoms. The molecule has 1 saturated carbocycles. The first kappa shape index (κ1) is 15.3. The summed E-state index contributed by atoms with van der Waals surface area (Å²) in [4.78, 5) is 14.3. The molecule has 3 aliphatic rings. The third-order valence-electron chi connectivity index (χ3n) is 5.98. The molecule has 2 aromatic rings. The van der Waals surface area contributed by atoms with Crippen LogP contribution in [0.2, 0.25) is 0 Å². The summed E-state index contributed by atoms with van der Waals surface area (Å²) in [5.74, 6) is 3.13. The van der Waals surface area contributed by atoms with Crippen molar-refractivity contribution < 1.29 is 9.26 Å². The van der Waals surface area contributed by atoms with E-state index in [1.807, 2.05) is 0 Å². The number of fused-ring (bicyclic) bond motifs is 1. The van der Waals surface area contributed by atoms with Crippen LogP contribution in [-0.4, -0.2) is 38.0 Å². The summed E-state index contributed by atoms with van der Waals surface area (Å²) >= 11 is 0. The van der Waals surface area contributed by atoms with E-state index in [-0.39, 0.29) is 11.7 Å². The molecular weight excluding hydrogens is 322 g/mol. The van der Waals surface area contributed by atoms with Crippen molar-refractivity contribution in [2.45, 2.75) is 44.9 Å². The molecule has 0 radical (unpaired) electrons. The van der Waals surface area contributed by atoms with Crippen LogP contribution in [0.1, 0.15) is 48.1 Å². The number of aromatic nitrogens is 4. The van der Waals surface area contributed by atoms with Crippen LogP contribution in [-0.2, 0) is 31.4 Å². The van der Waals surface area contributed by atoms with E-state index in [0.29, 0.717) is 19.1 Å². The minimum absolute atomic E-state index is 0.149. The molecular formula is C17H23N5O3. The number of rotatable bonds is 4. The van der Waals surface area contributed by atoms with Gasteiger partial charge in [0, 0.05) is 25.6 Å². The third-order valence-corrected chi connectivity index (χ3v) is 5.98. The summed E-state index contributed by atoms with van der Waals surface area (Å²) in [7, 11) is 1.80. The first-order valence-corrected chi connectivity index (χ1v) is 9.11. The maximum Gasteiger partial charge on any atom is 0.343 e. The van der Waals surface area contributed by atoms with Crippen LogP contribution in [0.25, 0.3) is 0 Å². The van der Waals surface area contributed by atoms with Crippen LogP contribution in [0.15, 0.2) is 9.32 Å². The molecule has 8 nitrogen and oxygen atoms in total. The van der Waals surface area contributed by atoms with Crippen LogP contribution in [0.5, 0.6) is 0 Å². The predicted molar refractivity (Wildman–Crippen MR) is 87.7 cm³/mol. The topological polar surface area (TPSA) is 89.2 Å². The second-order valence-corrected chi connectivity index (χ2v) is 7.48. The van der Waals surface area contributed by atoms with Crippen molar-refractivity contribution in [3.05, 3.63) is 33.3 Å². The van der Waals surface area contributed by atoms with Crippen LogP contribution < -0.4 is 5.69 Å². The Morgan fingerprint density at radius 3 is 2.96 bits per heavy atom. The smallest absolute Gasteiger partial charge is 0.343 e. The van der Waals surface area contributed by atoms with Gasteiger partial charge in [-0.1, -0.05) is 5.16 Å². The Labute approximate surface area is 145 Å². The van der Waals surface area contributed by atoms with E-state index >= 15 is 0 Å². The van der Waals surface area contributed by atoms with Crippen molar-refractivity contribution in [3.63, 3.8) is 0 Å². The van der Waals surface area contributed by atoms with Crippen molar-refractivity contribution >= 4 is 0 Å². The third kappa shape index (κ3) is 2.55. The number of nitrogens with zero attached hydrogens (tertiary/aromatic N) is 4. The highest BCUT2D eigenvalue weighted by Gasteiger charge is 2.46. The largest absolute Gasteiger partial charge is 0.376 e. The summed E-state index contributed by atoms with van der Waals surface area (Å²) in [6, 6.07) is 0.160. The summed E-state index contributed by atoms with van der Waals surface area (Å²) in [6.45, 7) is 3.00. The fraction of sp³-hybridized carbons (Fsp3) is 0.706. The van der Waals surface area contributed by atoms with Gasteiger partial charge in [0.15, 0.2) is 5.82 Å². The number of H-pyrrole nitrogens is 1. The van der Waals surface area contributed by atoms with Crippen LogP contribution in [0.3, 0.4) is 0 Å². The number of nitrogens with one attached hydrogen (secondary N) is 1. The molecule has 0 aromatic carbocycles. The summed E-state index contributed by atoms with van der Waals surface area (Å²) in [6.07, 6.45) is 4.53. The zero-order valence-electron chi connectivity index (χ0n) is 14.4. The molecule has 0 amide bonds. The number of ether oxygens (including phenoxy) is 1. The van der Waals surface area contributed by atoms with Gasteiger partial charge in [-0.15, -0.1) is 0 Å². The molecule has 1 N–H and O–H groups in total. The highest BCUT2D eigenvalue weighted by molar-refractivity contribution is 5.24. The van der Waals surface area contributed by atoms with Gasteiger partial charge >= 0.3 is 5.69 Å². The fourth-order valence-electron chi connectivity index (χ4n) is 4.45. The molecule has 8 heteroatoms. The predicted octanol–water partition coefficient (Wildman–Crippen LogP) is 1.14. The minimum Gasteiger partial charge on any atom is -0.376 e. The van der Waals surface area contributed by atoms with Crippen molar-refractivity contribution in [3.8, 4) is 0 Å². The zero-order valence-corrected chi connectivity index (χ0v) is 14.4. The normalized spacial score (nSPS) is 26.9. The molecule has 2 atom stereocenters. The second kappa shape index (κ2) is 5.81. The second-order valence-electron chi connectivity index (χ2n) is 7.48. The van der Waals surface area contributed by atoms with Gasteiger partial charge in [0.05, 0.1) is 19.3 Å². The Bertz CT molecular complexity index is 834. The number of hydrogen-bond donors (Lipinski definition) is 1. The molecule has 0 bridgehead atoms. The van der Waals surface area contributed by atoms with E-state index in [2.05, 4.69) is 20.3 Å². The molecule has 2 aliphatic heterocycles. The molecule has 2 unspecified atom stereocenters. The van der Waals surface area contributed by atoms with E-state index in [4.69, 9.17) is 9.26 Å². The van der Waals surface area contributed by atoms with Crippen molar-refractivity contribution in [2.24, 2.45) is 18.9 Å². The lowest BCUT2D eigenvalue weighted by molar-refractivity contribution is 0.102. The summed E-state index contributed by atoms with van der Waals surface area (Å²) in [5, 5.41) is 11.2. The van der Waals surface area contributed by atoms with Gasteiger partial charge in [0.1, 0.15) is 11.5 Å². The monoisotopic (exact) mass is 345 g/mol. The van der Waals surface area contributed by atoms with Gasteiger partial charge in [-0.3, -0.25) is 9.47 Å². The fourth-order valence-corrected chi connectivity index (χ4v) is 4.45. The van der Waals surface area contributed by atoms with Gasteiger partial charge in [-0.25, -0.2) is 9.89 Å². The molecule has 2 fully saturated rings. The van der Waals surface area contributed by atoms with Crippen LogP contribution >= 0.6 is 0 Å². The lowest BCUT2D eigenvalue weighted by Crippen LogP contribution is -2.30. The van der Waals surface area contributed by atoms with Gasteiger partial charge in [-0.2, -0.15) is 5.10 Å². The summed E-state index contributed by atoms with van der Waals surface area (Å²) in [5.41, 5.74) is 1.93. The number of hydrogen-bond acceptors (Lipinski definition) is 6. The Morgan fingerprint density at radius 2 is 2.20 bits per heavy atom. The Balaban J connectivity index is 1.46. The maximum absolute atomic E-state index is 11.9. The Hall–Kier alpha value is -1.93. The molecule has 134 valence electrons. The van der Waals surface area contributed by atoms with Crippen molar-refractivity contribution in [1.82, 2.24) is 24.8 Å². The Kier molecular flexibility index (Phi) is 3.56. The van der Waals surface area contributed by atoms with Gasteiger partial charge < -0.3 is 9.26 Å². The quantitative estimate of drug-likeness (QED) is 0.894. The maximum atomic E-state index is 11.9. The van der Waals surface area contributed by atoms with Crippen molar-refractivity contribution in [2.75, 3.05) is 13.2 Å². The highest BCUT2D eigenvalue weighted by Crippen LogP contribution is 2.50. The minimum atomic E-state index is -0.149. The lowest BCUT2D eigenvalue weighted by atomic mass is 9.94. The molecule has 1 aliphatic carbocycles. The number of likely N-dealkylation sites (tertiary alicyclic amines) is 1. The van der Waals surface area contributed by atoms with E-state index in [0.717, 1.165) is 54.7 Å². The molecule has 2 aromatic heterocycles. The average Bonchev–Trinajstić information content (AvgIpc) is 3.15. The number of aromatic amines is 1. The molecule has 4 heterocycles. The first-order chi connectivity index (χ1) is 12.2. The standard InChI is InChI=1S/C17H23N5O3/c1-21-16(18-19-17(21)23)15-11(10-2-3-10)4-6-22(15)8-13-12-9-24-7-5-14(12)25-20-13/h10-11,15H,2-9H2,1H3,(H,19,23). The van der Waals surface area contributed by atoms with Crippen molar-refractivity contribution in [1.29, 1.82) is 0 Å². The van der Waals surface area contributed by atoms with E-state index in [9.17, 15) is 4.79 Å². The van der Waals surface area contributed by atoms with Crippen LogP contribution in [0.4, 0.5) is 0 Å².